The number of aliphatic carboxylic acids is 1. The number of benzene rings is 1. The van der Waals surface area contributed by atoms with Gasteiger partial charge in [0.05, 0.1) is 4.47 Å². The lowest BCUT2D eigenvalue weighted by molar-refractivity contribution is -0.139. The van der Waals surface area contributed by atoms with E-state index >= 15 is 0 Å². The van der Waals surface area contributed by atoms with Crippen molar-refractivity contribution in [2.75, 3.05) is 6.61 Å². The number of hydrogen-bond acceptors (Lipinski definition) is 3. The van der Waals surface area contributed by atoms with E-state index in [2.05, 4.69) is 15.9 Å². The predicted octanol–water partition coefficient (Wildman–Crippen LogP) is 1.38. The first-order valence-electron chi connectivity index (χ1n) is 4.07. The first-order valence-corrected chi connectivity index (χ1v) is 4.86. The van der Waals surface area contributed by atoms with E-state index in [9.17, 15) is 9.18 Å². The van der Waals surface area contributed by atoms with Gasteiger partial charge in [-0.15, -0.1) is 0 Å². The van der Waals surface area contributed by atoms with Crippen LogP contribution in [0.5, 0.6) is 5.75 Å². The predicted molar refractivity (Wildman–Crippen MR) is 55.2 cm³/mol. The Hall–Kier alpha value is -1.14. The number of carboxylic acids is 1. The number of rotatable bonds is 4. The molecule has 0 saturated heterocycles. The summed E-state index contributed by atoms with van der Waals surface area (Å²) in [6.07, 6.45) is 0. The van der Waals surface area contributed by atoms with Crippen molar-refractivity contribution in [1.29, 1.82) is 0 Å². The molecule has 0 aliphatic carbocycles. The van der Waals surface area contributed by atoms with Crippen LogP contribution in [0.1, 0.15) is 0 Å². The standard InChI is InChI=1S/C9H9BrFNO3/c10-6-3-5(1-2-7(6)11)15-4-8(12)9(13)14/h1-3,8H,4,12H2,(H,13,14)/t8-/m0/s1. The van der Waals surface area contributed by atoms with E-state index in [0.29, 0.717) is 5.75 Å². The van der Waals surface area contributed by atoms with Gasteiger partial charge in [0.25, 0.3) is 0 Å². The minimum atomic E-state index is -1.14. The highest BCUT2D eigenvalue weighted by Crippen LogP contribution is 2.21. The first kappa shape index (κ1) is 11.9. The molecule has 0 bridgehead atoms. The van der Waals surface area contributed by atoms with Gasteiger partial charge >= 0.3 is 5.97 Å². The molecule has 1 atom stereocenters. The van der Waals surface area contributed by atoms with Crippen LogP contribution in [0, 0.1) is 5.82 Å². The maximum atomic E-state index is 12.8. The Morgan fingerprint density at radius 3 is 2.87 bits per heavy atom. The number of nitrogens with two attached hydrogens (primary N) is 1. The monoisotopic (exact) mass is 277 g/mol. The van der Waals surface area contributed by atoms with Crippen LogP contribution in [0.2, 0.25) is 0 Å². The van der Waals surface area contributed by atoms with Crippen molar-refractivity contribution in [3.63, 3.8) is 0 Å². The number of carboxylic acid groups (broad SMARTS) is 1. The van der Waals surface area contributed by atoms with Gasteiger partial charge in [-0.2, -0.15) is 0 Å². The minimum absolute atomic E-state index is 0.159. The largest absolute Gasteiger partial charge is 0.491 e. The lowest BCUT2D eigenvalue weighted by Gasteiger charge is -2.09. The van der Waals surface area contributed by atoms with Gasteiger partial charge in [0.15, 0.2) is 0 Å². The van der Waals surface area contributed by atoms with Crippen molar-refractivity contribution in [3.8, 4) is 5.75 Å². The molecule has 0 amide bonds. The van der Waals surface area contributed by atoms with Crippen molar-refractivity contribution in [3.05, 3.63) is 28.5 Å². The third kappa shape index (κ3) is 3.49. The lowest BCUT2D eigenvalue weighted by atomic mass is 10.3. The van der Waals surface area contributed by atoms with Crippen molar-refractivity contribution in [1.82, 2.24) is 0 Å². The number of ether oxygens (including phenoxy) is 1. The van der Waals surface area contributed by atoms with E-state index in [1.54, 1.807) is 0 Å². The first-order chi connectivity index (χ1) is 7.00. The van der Waals surface area contributed by atoms with Gasteiger partial charge in [0.2, 0.25) is 0 Å². The van der Waals surface area contributed by atoms with E-state index in [4.69, 9.17) is 15.6 Å². The van der Waals surface area contributed by atoms with Gasteiger partial charge < -0.3 is 15.6 Å². The van der Waals surface area contributed by atoms with Gasteiger partial charge in [-0.1, -0.05) is 0 Å². The smallest absolute Gasteiger partial charge is 0.324 e. The van der Waals surface area contributed by atoms with E-state index in [0.717, 1.165) is 0 Å². The van der Waals surface area contributed by atoms with Crippen molar-refractivity contribution in [2.45, 2.75) is 6.04 Å². The zero-order valence-corrected chi connectivity index (χ0v) is 9.20. The molecule has 0 saturated carbocycles. The molecule has 0 aliphatic heterocycles. The minimum Gasteiger partial charge on any atom is -0.491 e. The molecule has 0 heterocycles. The third-order valence-corrected chi connectivity index (χ3v) is 2.25. The fourth-order valence-electron chi connectivity index (χ4n) is 0.824. The third-order valence-electron chi connectivity index (χ3n) is 1.64. The van der Waals surface area contributed by atoms with Crippen molar-refractivity contribution >= 4 is 21.9 Å². The molecule has 0 fully saturated rings. The molecule has 0 radical (unpaired) electrons. The highest BCUT2D eigenvalue weighted by Gasteiger charge is 2.12. The molecular formula is C9H9BrFNO3. The second-order valence-corrected chi connectivity index (χ2v) is 3.69. The lowest BCUT2D eigenvalue weighted by Crippen LogP contribution is -2.36. The van der Waals surface area contributed by atoms with Crippen LogP contribution in [0.15, 0.2) is 22.7 Å². The van der Waals surface area contributed by atoms with Crippen LogP contribution in [-0.2, 0) is 4.79 Å². The summed E-state index contributed by atoms with van der Waals surface area (Å²) in [4.78, 5) is 10.4. The van der Waals surface area contributed by atoms with E-state index in [1.807, 2.05) is 0 Å². The maximum Gasteiger partial charge on any atom is 0.324 e. The second kappa shape index (κ2) is 5.09. The summed E-state index contributed by atoms with van der Waals surface area (Å²) < 4.78 is 18.1. The zero-order chi connectivity index (χ0) is 11.4. The Kier molecular flexibility index (Phi) is 4.05. The topological polar surface area (TPSA) is 72.5 Å². The summed E-state index contributed by atoms with van der Waals surface area (Å²) in [5.74, 6) is -1.19. The summed E-state index contributed by atoms with van der Waals surface area (Å²) in [6.45, 7) is -0.159. The molecule has 6 heteroatoms. The fraction of sp³-hybridized carbons (Fsp3) is 0.222. The van der Waals surface area contributed by atoms with Crippen LogP contribution >= 0.6 is 15.9 Å². The van der Waals surface area contributed by atoms with Crippen LogP contribution in [0.4, 0.5) is 4.39 Å². The molecule has 15 heavy (non-hydrogen) atoms. The molecule has 4 nitrogen and oxygen atoms in total. The molecule has 0 aromatic heterocycles. The maximum absolute atomic E-state index is 12.8. The summed E-state index contributed by atoms with van der Waals surface area (Å²) in [5.41, 5.74) is 5.22. The summed E-state index contributed by atoms with van der Waals surface area (Å²) in [6, 6.07) is 2.93. The molecule has 0 aliphatic rings. The normalized spacial score (nSPS) is 12.2. The Balaban J connectivity index is 2.58. The van der Waals surface area contributed by atoms with Crippen LogP contribution in [0.25, 0.3) is 0 Å². The van der Waals surface area contributed by atoms with Gasteiger partial charge in [0, 0.05) is 0 Å². The molecule has 1 rings (SSSR count). The number of halogens is 2. The van der Waals surface area contributed by atoms with Crippen LogP contribution < -0.4 is 10.5 Å². The van der Waals surface area contributed by atoms with E-state index in [-0.39, 0.29) is 11.1 Å². The average molecular weight is 278 g/mol. The highest BCUT2D eigenvalue weighted by atomic mass is 79.9. The Morgan fingerprint density at radius 2 is 2.33 bits per heavy atom. The van der Waals surface area contributed by atoms with E-state index < -0.39 is 17.8 Å². The number of hydrogen-bond donors (Lipinski definition) is 2. The molecule has 1 aromatic carbocycles. The molecule has 82 valence electrons. The van der Waals surface area contributed by atoms with Gasteiger partial charge in [-0.3, -0.25) is 4.79 Å². The molecule has 0 unspecified atom stereocenters. The highest BCUT2D eigenvalue weighted by molar-refractivity contribution is 9.10. The SMILES string of the molecule is N[C@@H](COc1ccc(F)c(Br)c1)C(=O)O. The molecule has 3 N–H and O–H groups in total. The van der Waals surface area contributed by atoms with Crippen LogP contribution in [0.3, 0.4) is 0 Å². The van der Waals surface area contributed by atoms with Gasteiger partial charge in [-0.05, 0) is 34.1 Å². The summed E-state index contributed by atoms with van der Waals surface area (Å²) in [7, 11) is 0. The van der Waals surface area contributed by atoms with Gasteiger partial charge in [0.1, 0.15) is 24.2 Å². The molecule has 0 spiro atoms. The zero-order valence-electron chi connectivity index (χ0n) is 7.61. The van der Waals surface area contributed by atoms with E-state index in [1.165, 1.54) is 18.2 Å². The van der Waals surface area contributed by atoms with Crippen molar-refractivity contribution in [2.24, 2.45) is 5.73 Å². The second-order valence-electron chi connectivity index (χ2n) is 2.83. The summed E-state index contributed by atoms with van der Waals surface area (Å²) in [5, 5.41) is 8.48. The van der Waals surface area contributed by atoms with Gasteiger partial charge in [-0.25, -0.2) is 4.39 Å². The summed E-state index contributed by atoms with van der Waals surface area (Å²) >= 11 is 2.98. The van der Waals surface area contributed by atoms with Crippen LogP contribution in [-0.4, -0.2) is 23.7 Å². The fourth-order valence-corrected chi connectivity index (χ4v) is 1.18. The Labute approximate surface area is 94.0 Å². The van der Waals surface area contributed by atoms with Crippen molar-refractivity contribution < 1.29 is 19.0 Å². The average Bonchev–Trinajstić information content (AvgIpc) is 2.19. The quantitative estimate of drug-likeness (QED) is 0.872. The Morgan fingerprint density at radius 1 is 1.67 bits per heavy atom. The molecule has 1 aromatic rings. The number of carbonyl (C=O) groups is 1. The Bertz CT molecular complexity index is 372. The molecular weight excluding hydrogens is 269 g/mol.